The van der Waals surface area contributed by atoms with Gasteiger partial charge in [-0.2, -0.15) is 0 Å². The molecule has 0 spiro atoms. The smallest absolute Gasteiger partial charge is 0.313 e. The summed E-state index contributed by atoms with van der Waals surface area (Å²) in [4.78, 5) is 27.6. The van der Waals surface area contributed by atoms with E-state index in [4.69, 9.17) is 4.74 Å². The minimum atomic E-state index is -0.423. The lowest BCUT2D eigenvalue weighted by molar-refractivity contribution is -0.144. The molecule has 1 saturated carbocycles. The molecule has 1 aromatic rings. The van der Waals surface area contributed by atoms with E-state index in [1.165, 1.54) is 19.1 Å². The molecule has 4 heteroatoms. The average molecular weight is 355 g/mol. The number of rotatable bonds is 5. The first-order valence-electron chi connectivity index (χ1n) is 9.86. The van der Waals surface area contributed by atoms with Gasteiger partial charge in [0.25, 0.3) is 5.91 Å². The Morgan fingerprint density at radius 2 is 1.92 bits per heavy atom. The van der Waals surface area contributed by atoms with Crippen molar-refractivity contribution in [2.24, 2.45) is 5.92 Å². The van der Waals surface area contributed by atoms with E-state index in [1.807, 2.05) is 23.1 Å². The predicted molar refractivity (Wildman–Crippen MR) is 103 cm³/mol. The Bertz CT molecular complexity index is 688. The van der Waals surface area contributed by atoms with Gasteiger partial charge in [0.05, 0.1) is 13.0 Å². The highest BCUT2D eigenvalue weighted by Crippen LogP contribution is 2.34. The van der Waals surface area contributed by atoms with Crippen LogP contribution < -0.4 is 4.90 Å². The SMILES string of the molecule is CCc1cccc(N(C(=O)C2=CCCC2C(=O)OC)C2CCCCC2)c1. The number of benzene rings is 1. The van der Waals surface area contributed by atoms with Crippen molar-refractivity contribution < 1.29 is 14.3 Å². The van der Waals surface area contributed by atoms with Crippen molar-refractivity contribution in [1.82, 2.24) is 0 Å². The van der Waals surface area contributed by atoms with Crippen LogP contribution in [-0.4, -0.2) is 25.0 Å². The Labute approximate surface area is 156 Å². The normalized spacial score (nSPS) is 20.5. The lowest BCUT2D eigenvalue weighted by Crippen LogP contribution is -2.43. The number of methoxy groups -OCH3 is 1. The Morgan fingerprint density at radius 1 is 1.15 bits per heavy atom. The van der Waals surface area contributed by atoms with Gasteiger partial charge < -0.3 is 9.64 Å². The molecule has 1 unspecified atom stereocenters. The second kappa shape index (κ2) is 8.52. The molecule has 1 fully saturated rings. The minimum absolute atomic E-state index is 0.0157. The highest BCUT2D eigenvalue weighted by molar-refractivity contribution is 6.09. The van der Waals surface area contributed by atoms with Crippen LogP contribution in [0.5, 0.6) is 0 Å². The molecule has 0 saturated heterocycles. The van der Waals surface area contributed by atoms with Gasteiger partial charge in [-0.05, 0) is 49.8 Å². The van der Waals surface area contributed by atoms with E-state index in [2.05, 4.69) is 19.1 Å². The van der Waals surface area contributed by atoms with E-state index in [9.17, 15) is 9.59 Å². The lowest BCUT2D eigenvalue weighted by atomic mass is 9.92. The molecule has 0 radical (unpaired) electrons. The van der Waals surface area contributed by atoms with Gasteiger partial charge in [-0.15, -0.1) is 0 Å². The van der Waals surface area contributed by atoms with E-state index in [1.54, 1.807) is 0 Å². The second-order valence-corrected chi connectivity index (χ2v) is 7.30. The average Bonchev–Trinajstić information content (AvgIpc) is 3.18. The molecule has 4 nitrogen and oxygen atoms in total. The van der Waals surface area contributed by atoms with E-state index in [0.717, 1.165) is 44.2 Å². The van der Waals surface area contributed by atoms with Crippen LogP contribution in [0.1, 0.15) is 57.4 Å². The minimum Gasteiger partial charge on any atom is -0.469 e. The summed E-state index contributed by atoms with van der Waals surface area (Å²) in [6.45, 7) is 2.12. The number of esters is 1. The van der Waals surface area contributed by atoms with Gasteiger partial charge in [0.1, 0.15) is 0 Å². The number of carbonyl (C=O) groups excluding carboxylic acids is 2. The highest BCUT2D eigenvalue weighted by Gasteiger charge is 2.37. The third-order valence-electron chi connectivity index (χ3n) is 5.68. The fourth-order valence-corrected chi connectivity index (χ4v) is 4.23. The van der Waals surface area contributed by atoms with Crippen LogP contribution in [0, 0.1) is 5.92 Å². The first-order valence-corrected chi connectivity index (χ1v) is 9.86. The maximum atomic E-state index is 13.5. The van der Waals surface area contributed by atoms with Gasteiger partial charge in [0.15, 0.2) is 0 Å². The van der Waals surface area contributed by atoms with Crippen molar-refractivity contribution in [3.05, 3.63) is 41.5 Å². The Kier molecular flexibility index (Phi) is 6.12. The summed E-state index contributed by atoms with van der Waals surface area (Å²) in [5.41, 5.74) is 2.79. The Balaban J connectivity index is 1.94. The fourth-order valence-electron chi connectivity index (χ4n) is 4.23. The van der Waals surface area contributed by atoms with Crippen LogP contribution in [0.2, 0.25) is 0 Å². The monoisotopic (exact) mass is 355 g/mol. The molecule has 26 heavy (non-hydrogen) atoms. The molecule has 140 valence electrons. The number of anilines is 1. The van der Waals surface area contributed by atoms with Gasteiger partial charge in [-0.3, -0.25) is 9.59 Å². The number of nitrogens with zero attached hydrogens (tertiary/aromatic N) is 1. The number of allylic oxidation sites excluding steroid dienone is 1. The second-order valence-electron chi connectivity index (χ2n) is 7.30. The zero-order valence-corrected chi connectivity index (χ0v) is 15.9. The lowest BCUT2D eigenvalue weighted by Gasteiger charge is -2.35. The summed E-state index contributed by atoms with van der Waals surface area (Å²) >= 11 is 0. The van der Waals surface area contributed by atoms with Crippen LogP contribution in [0.15, 0.2) is 35.9 Å². The summed E-state index contributed by atoms with van der Waals surface area (Å²) in [7, 11) is 1.40. The maximum absolute atomic E-state index is 13.5. The molecular formula is C22H29NO3. The number of carbonyl (C=O) groups is 2. The van der Waals surface area contributed by atoms with Crippen LogP contribution in [0.25, 0.3) is 0 Å². The molecule has 3 rings (SSSR count). The third kappa shape index (κ3) is 3.84. The van der Waals surface area contributed by atoms with Crippen molar-refractivity contribution in [3.63, 3.8) is 0 Å². The Hall–Kier alpha value is -2.10. The number of hydrogen-bond acceptors (Lipinski definition) is 3. The van der Waals surface area contributed by atoms with E-state index < -0.39 is 5.92 Å². The van der Waals surface area contributed by atoms with Crippen LogP contribution in [-0.2, 0) is 20.7 Å². The molecule has 1 aromatic carbocycles. The Morgan fingerprint density at radius 3 is 2.62 bits per heavy atom. The summed E-state index contributed by atoms with van der Waals surface area (Å²) in [5, 5.41) is 0. The molecule has 0 aromatic heterocycles. The summed E-state index contributed by atoms with van der Waals surface area (Å²) in [6.07, 6.45) is 9.90. The van der Waals surface area contributed by atoms with Crippen molar-refractivity contribution in [3.8, 4) is 0 Å². The maximum Gasteiger partial charge on any atom is 0.313 e. The standard InChI is InChI=1S/C22H29NO3/c1-3-16-9-7-12-18(15-16)23(17-10-5-4-6-11-17)21(24)19-13-8-14-20(19)22(25)26-2/h7,9,12-13,15,17,20H,3-6,8,10-11,14H2,1-2H3. The van der Waals surface area contributed by atoms with Crippen molar-refractivity contribution >= 4 is 17.6 Å². The first-order chi connectivity index (χ1) is 12.7. The highest BCUT2D eigenvalue weighted by atomic mass is 16.5. The van der Waals surface area contributed by atoms with Gasteiger partial charge in [0.2, 0.25) is 0 Å². The summed E-state index contributed by atoms with van der Waals surface area (Å²) in [6, 6.07) is 8.48. The molecule has 1 atom stereocenters. The third-order valence-corrected chi connectivity index (χ3v) is 5.68. The predicted octanol–water partition coefficient (Wildman–Crippen LogP) is 4.42. The van der Waals surface area contributed by atoms with Gasteiger partial charge >= 0.3 is 5.97 Å². The van der Waals surface area contributed by atoms with Crippen molar-refractivity contribution in [2.45, 2.75) is 64.3 Å². The first kappa shape index (κ1) is 18.7. The van der Waals surface area contributed by atoms with E-state index in [0.29, 0.717) is 12.0 Å². The zero-order valence-electron chi connectivity index (χ0n) is 15.9. The molecular weight excluding hydrogens is 326 g/mol. The molecule has 1 amide bonds. The van der Waals surface area contributed by atoms with Gasteiger partial charge in [0, 0.05) is 17.3 Å². The molecule has 0 heterocycles. The number of ether oxygens (including phenoxy) is 1. The molecule has 2 aliphatic carbocycles. The van der Waals surface area contributed by atoms with Crippen molar-refractivity contribution in [1.29, 1.82) is 0 Å². The van der Waals surface area contributed by atoms with Crippen LogP contribution >= 0.6 is 0 Å². The number of hydrogen-bond donors (Lipinski definition) is 0. The summed E-state index contributed by atoms with van der Waals surface area (Å²) < 4.78 is 4.93. The topological polar surface area (TPSA) is 46.6 Å². The molecule has 0 bridgehead atoms. The summed E-state index contributed by atoms with van der Waals surface area (Å²) in [5.74, 6) is -0.737. The van der Waals surface area contributed by atoms with E-state index in [-0.39, 0.29) is 17.9 Å². The molecule has 0 aliphatic heterocycles. The van der Waals surface area contributed by atoms with Crippen molar-refractivity contribution in [2.75, 3.05) is 12.0 Å². The van der Waals surface area contributed by atoms with Gasteiger partial charge in [-0.25, -0.2) is 0 Å². The largest absolute Gasteiger partial charge is 0.469 e. The quantitative estimate of drug-likeness (QED) is 0.734. The van der Waals surface area contributed by atoms with Gasteiger partial charge in [-0.1, -0.05) is 44.4 Å². The zero-order chi connectivity index (χ0) is 18.5. The van der Waals surface area contributed by atoms with E-state index >= 15 is 0 Å². The van der Waals surface area contributed by atoms with Crippen LogP contribution in [0.4, 0.5) is 5.69 Å². The molecule has 2 aliphatic rings. The fraction of sp³-hybridized carbons (Fsp3) is 0.545. The molecule has 0 N–H and O–H groups in total. The number of aryl methyl sites for hydroxylation is 1. The number of amides is 1. The van der Waals surface area contributed by atoms with Crippen LogP contribution in [0.3, 0.4) is 0 Å².